The maximum Gasteiger partial charge on any atom is 0.253 e. The Hall–Kier alpha value is -1.92. The molecule has 6 heteroatoms. The molecule has 1 amide bonds. The lowest BCUT2D eigenvalue weighted by atomic mass is 10.1. The molecule has 1 unspecified atom stereocenters. The lowest BCUT2D eigenvalue weighted by Gasteiger charge is -2.19. The van der Waals surface area contributed by atoms with Crippen LogP contribution in [0.1, 0.15) is 22.0 Å². The Kier molecular flexibility index (Phi) is 6.36. The molecule has 0 saturated heterocycles. The third kappa shape index (κ3) is 4.82. The van der Waals surface area contributed by atoms with Crippen LogP contribution in [-0.4, -0.2) is 34.1 Å². The van der Waals surface area contributed by atoms with E-state index in [2.05, 4.69) is 10.3 Å². The molecule has 2 N–H and O–H groups in total. The van der Waals surface area contributed by atoms with Gasteiger partial charge in [-0.1, -0.05) is 12.1 Å². The van der Waals surface area contributed by atoms with Crippen LogP contribution in [-0.2, 0) is 0 Å². The lowest BCUT2D eigenvalue weighted by molar-refractivity contribution is 0.0940. The number of amides is 1. The first kappa shape index (κ1) is 16.5. The fourth-order valence-electron chi connectivity index (χ4n) is 1.95. The van der Waals surface area contributed by atoms with Crippen molar-refractivity contribution >= 4 is 17.7 Å². The second-order valence-electron chi connectivity index (χ2n) is 4.62. The van der Waals surface area contributed by atoms with E-state index in [0.29, 0.717) is 22.6 Å². The van der Waals surface area contributed by atoms with Gasteiger partial charge in [0.15, 0.2) is 0 Å². The van der Waals surface area contributed by atoms with Gasteiger partial charge in [0.05, 0.1) is 18.2 Å². The van der Waals surface area contributed by atoms with Gasteiger partial charge in [-0.05, 0) is 29.8 Å². The van der Waals surface area contributed by atoms with Gasteiger partial charge in [0, 0.05) is 23.9 Å². The maximum absolute atomic E-state index is 13.4. The Morgan fingerprint density at radius 1 is 1.36 bits per heavy atom. The molecule has 1 atom stereocenters. The number of benzene rings is 1. The first-order valence-electron chi connectivity index (χ1n) is 6.85. The molecule has 2 aromatic rings. The Labute approximate surface area is 132 Å². The molecule has 0 aliphatic carbocycles. The number of nitrogens with zero attached hydrogens (tertiary/aromatic N) is 1. The van der Waals surface area contributed by atoms with E-state index in [-0.39, 0.29) is 24.4 Å². The summed E-state index contributed by atoms with van der Waals surface area (Å²) in [6.07, 6.45) is 3.08. The summed E-state index contributed by atoms with van der Waals surface area (Å²) in [6, 6.07) is 9.19. The summed E-state index contributed by atoms with van der Waals surface area (Å²) in [7, 11) is 0. The fraction of sp³-hybridized carbons (Fsp3) is 0.250. The van der Waals surface area contributed by atoms with Gasteiger partial charge in [0.2, 0.25) is 0 Å². The number of aliphatic hydroxyl groups is 1. The molecule has 0 spiro atoms. The molecule has 0 fully saturated rings. The van der Waals surface area contributed by atoms with E-state index in [1.165, 1.54) is 30.1 Å². The van der Waals surface area contributed by atoms with Crippen molar-refractivity contribution in [2.24, 2.45) is 0 Å². The number of carbonyl (C=O) groups excluding carboxylic acids is 1. The van der Waals surface area contributed by atoms with Gasteiger partial charge in [-0.3, -0.25) is 9.78 Å². The third-order valence-electron chi connectivity index (χ3n) is 3.00. The molecule has 1 heterocycles. The first-order chi connectivity index (χ1) is 10.7. The van der Waals surface area contributed by atoms with Crippen molar-refractivity contribution in [1.82, 2.24) is 10.3 Å². The highest BCUT2D eigenvalue weighted by atomic mass is 32.2. The number of pyridine rings is 1. The lowest BCUT2D eigenvalue weighted by Crippen LogP contribution is -2.30. The van der Waals surface area contributed by atoms with Gasteiger partial charge >= 0.3 is 0 Å². The molecule has 1 aromatic carbocycles. The molecule has 1 aromatic heterocycles. The number of carbonyl (C=O) groups is 1. The van der Waals surface area contributed by atoms with E-state index in [9.17, 15) is 9.18 Å². The smallest absolute Gasteiger partial charge is 0.253 e. The second kappa shape index (κ2) is 8.51. The van der Waals surface area contributed by atoms with E-state index >= 15 is 0 Å². The average Bonchev–Trinajstić information content (AvgIpc) is 2.55. The topological polar surface area (TPSA) is 62.2 Å². The van der Waals surface area contributed by atoms with Crippen molar-refractivity contribution in [2.45, 2.75) is 6.04 Å². The van der Waals surface area contributed by atoms with Crippen LogP contribution >= 0.6 is 11.8 Å². The summed E-state index contributed by atoms with van der Waals surface area (Å²) in [6.45, 7) is 0.0666. The van der Waals surface area contributed by atoms with E-state index in [1.807, 2.05) is 0 Å². The molecule has 0 saturated carbocycles. The number of nitrogens with one attached hydrogen (secondary N) is 1. The maximum atomic E-state index is 13.4. The van der Waals surface area contributed by atoms with E-state index in [4.69, 9.17) is 5.11 Å². The number of hydrogen-bond acceptors (Lipinski definition) is 4. The second-order valence-corrected chi connectivity index (χ2v) is 5.77. The van der Waals surface area contributed by atoms with Crippen molar-refractivity contribution in [3.63, 3.8) is 0 Å². The van der Waals surface area contributed by atoms with Gasteiger partial charge in [-0.2, -0.15) is 11.8 Å². The van der Waals surface area contributed by atoms with Gasteiger partial charge < -0.3 is 10.4 Å². The number of halogens is 1. The van der Waals surface area contributed by atoms with E-state index in [0.717, 1.165) is 0 Å². The van der Waals surface area contributed by atoms with Gasteiger partial charge in [0.1, 0.15) is 5.82 Å². The summed E-state index contributed by atoms with van der Waals surface area (Å²) in [5, 5.41) is 11.8. The monoisotopic (exact) mass is 320 g/mol. The predicted molar refractivity (Wildman–Crippen MR) is 85.3 cm³/mol. The fourth-order valence-corrected chi connectivity index (χ4v) is 2.76. The van der Waals surface area contributed by atoms with Gasteiger partial charge in [0.25, 0.3) is 5.91 Å². The van der Waals surface area contributed by atoms with Crippen molar-refractivity contribution in [2.75, 3.05) is 18.1 Å². The SMILES string of the molecule is O=C(NC(CSCCO)c1cccc(F)c1)c1cccnc1. The highest BCUT2D eigenvalue weighted by Gasteiger charge is 2.16. The van der Waals surface area contributed by atoms with Crippen LogP contribution < -0.4 is 5.32 Å². The molecule has 2 rings (SSSR count). The summed E-state index contributed by atoms with van der Waals surface area (Å²) in [5.74, 6) is 0.516. The molecule has 0 aliphatic heterocycles. The molecule has 0 bridgehead atoms. The quantitative estimate of drug-likeness (QED) is 0.769. The van der Waals surface area contributed by atoms with Crippen molar-refractivity contribution in [3.05, 3.63) is 65.7 Å². The number of hydrogen-bond donors (Lipinski definition) is 2. The third-order valence-corrected chi connectivity index (χ3v) is 4.04. The molecular weight excluding hydrogens is 303 g/mol. The largest absolute Gasteiger partial charge is 0.396 e. The number of rotatable bonds is 7. The van der Waals surface area contributed by atoms with E-state index in [1.54, 1.807) is 30.5 Å². The van der Waals surface area contributed by atoms with E-state index < -0.39 is 0 Å². The molecule has 116 valence electrons. The summed E-state index contributed by atoms with van der Waals surface area (Å²) >= 11 is 1.50. The zero-order valence-corrected chi connectivity index (χ0v) is 12.7. The predicted octanol–water partition coefficient (Wildman–Crippen LogP) is 2.42. The Balaban J connectivity index is 2.12. The van der Waals surface area contributed by atoms with Gasteiger partial charge in [-0.15, -0.1) is 0 Å². The zero-order valence-electron chi connectivity index (χ0n) is 11.9. The molecule has 0 aliphatic rings. The summed E-state index contributed by atoms with van der Waals surface area (Å²) in [5.41, 5.74) is 1.15. The molecule has 4 nitrogen and oxygen atoms in total. The van der Waals surface area contributed by atoms with Crippen molar-refractivity contribution < 1.29 is 14.3 Å². The highest BCUT2D eigenvalue weighted by molar-refractivity contribution is 7.99. The minimum Gasteiger partial charge on any atom is -0.396 e. The number of aromatic nitrogens is 1. The van der Waals surface area contributed by atoms with Crippen LogP contribution in [0.4, 0.5) is 4.39 Å². The zero-order chi connectivity index (χ0) is 15.8. The normalized spacial score (nSPS) is 11.9. The standard InChI is InChI=1S/C16H17FN2O2S/c17-14-5-1-3-12(9-14)15(11-22-8-7-20)19-16(21)13-4-2-6-18-10-13/h1-6,9-10,15,20H,7-8,11H2,(H,19,21). The number of thioether (sulfide) groups is 1. The van der Waals surface area contributed by atoms with Crippen LogP contribution in [0.5, 0.6) is 0 Å². The first-order valence-corrected chi connectivity index (χ1v) is 8.01. The summed E-state index contributed by atoms with van der Waals surface area (Å²) < 4.78 is 13.4. The van der Waals surface area contributed by atoms with Crippen molar-refractivity contribution in [3.8, 4) is 0 Å². The van der Waals surface area contributed by atoms with Crippen LogP contribution in [0.25, 0.3) is 0 Å². The minimum absolute atomic E-state index is 0.0666. The molecular formula is C16H17FN2O2S. The van der Waals surface area contributed by atoms with Crippen LogP contribution in [0.3, 0.4) is 0 Å². The van der Waals surface area contributed by atoms with Crippen LogP contribution in [0.2, 0.25) is 0 Å². The molecule has 22 heavy (non-hydrogen) atoms. The van der Waals surface area contributed by atoms with Crippen molar-refractivity contribution in [1.29, 1.82) is 0 Å². The molecule has 0 radical (unpaired) electrons. The Morgan fingerprint density at radius 3 is 2.91 bits per heavy atom. The number of aliphatic hydroxyl groups excluding tert-OH is 1. The summed E-state index contributed by atoms with van der Waals surface area (Å²) in [4.78, 5) is 16.2. The average molecular weight is 320 g/mol. The minimum atomic E-state index is -0.342. The van der Waals surface area contributed by atoms with Crippen LogP contribution in [0.15, 0.2) is 48.8 Å². The highest BCUT2D eigenvalue weighted by Crippen LogP contribution is 2.20. The Bertz CT molecular complexity index is 610. The van der Waals surface area contributed by atoms with Crippen LogP contribution in [0, 0.1) is 5.82 Å². The Morgan fingerprint density at radius 2 is 2.23 bits per heavy atom. The van der Waals surface area contributed by atoms with Gasteiger partial charge in [-0.25, -0.2) is 4.39 Å².